The number of fused-ring (bicyclic) bond motifs is 5. The lowest BCUT2D eigenvalue weighted by Gasteiger charge is -2.37. The number of nitrogens with zero attached hydrogens (tertiary/aromatic N) is 3. The number of aromatic amines is 1. The van der Waals surface area contributed by atoms with Gasteiger partial charge in [0.05, 0.1) is 24.3 Å². The summed E-state index contributed by atoms with van der Waals surface area (Å²) in [6, 6.07) is 27.4. The number of anilines is 2. The molecule has 0 amide bonds. The number of nitrogens with one attached hydrogen (secondary N) is 1. The summed E-state index contributed by atoms with van der Waals surface area (Å²) in [5.74, 6) is 0.925. The molecule has 3 aliphatic rings. The van der Waals surface area contributed by atoms with Crippen LogP contribution in [0.5, 0.6) is 5.75 Å². The number of ether oxygens (including phenoxy) is 1. The van der Waals surface area contributed by atoms with Crippen LogP contribution in [0, 0.1) is 0 Å². The van der Waals surface area contributed by atoms with E-state index in [1.54, 1.807) is 24.3 Å². The van der Waals surface area contributed by atoms with E-state index in [4.69, 9.17) is 4.74 Å². The zero-order valence-corrected chi connectivity index (χ0v) is 24.6. The molecule has 6 nitrogen and oxygen atoms in total. The molecular weight excluding hydrogens is 532 g/mol. The molecule has 6 heteroatoms. The monoisotopic (exact) mass is 568 g/mol. The minimum atomic E-state index is -0.0874. The first kappa shape index (κ1) is 27.0. The fraction of sp³-hybridized carbons (Fsp3) is 0.243. The number of rotatable bonds is 3. The summed E-state index contributed by atoms with van der Waals surface area (Å²) in [6.45, 7) is 4.13. The van der Waals surface area contributed by atoms with Gasteiger partial charge in [-0.1, -0.05) is 54.1 Å². The highest BCUT2D eigenvalue weighted by molar-refractivity contribution is 5.95. The summed E-state index contributed by atoms with van der Waals surface area (Å²) >= 11 is 0. The van der Waals surface area contributed by atoms with E-state index in [0.717, 1.165) is 37.4 Å². The zero-order valence-electron chi connectivity index (χ0n) is 24.6. The summed E-state index contributed by atoms with van der Waals surface area (Å²) in [5.41, 5.74) is 9.40. The van der Waals surface area contributed by atoms with E-state index >= 15 is 0 Å². The van der Waals surface area contributed by atoms with Crippen molar-refractivity contribution in [3.63, 3.8) is 0 Å². The molecule has 1 N–H and O–H groups in total. The minimum Gasteiger partial charge on any atom is -0.497 e. The Hall–Kier alpha value is -4.84. The lowest BCUT2D eigenvalue weighted by Crippen LogP contribution is -2.46. The normalized spacial score (nSPS) is 16.0. The Morgan fingerprint density at radius 2 is 1.60 bits per heavy atom. The summed E-state index contributed by atoms with van der Waals surface area (Å²) in [7, 11) is 1.73. The summed E-state index contributed by atoms with van der Waals surface area (Å²) < 4.78 is 5.40. The van der Waals surface area contributed by atoms with Crippen molar-refractivity contribution in [3.05, 3.63) is 124 Å². The van der Waals surface area contributed by atoms with Crippen molar-refractivity contribution in [2.45, 2.75) is 25.7 Å². The standard InChI is InChI=1S/C29H30N2O.C8H6N2O/c1-32-25-7-4-6-23(20-25)30-15-17-31(18-16-30)24-11-14-27-22(19-24)10-13-28-26-8-3-2-5-21(26)9-12-29(27)28;11-8-6-3-1-2-4-7(6)9-5-10-8/h3-4,6-8,10-11,13-14,19-20H,2,5,9,12,15-18H2,1H3;1-5H,(H,9,10,11). The Kier molecular flexibility index (Phi) is 7.42. The lowest BCUT2D eigenvalue weighted by molar-refractivity contribution is 0.414. The van der Waals surface area contributed by atoms with E-state index < -0.39 is 0 Å². The highest BCUT2D eigenvalue weighted by Gasteiger charge is 2.22. The molecule has 216 valence electrons. The maximum absolute atomic E-state index is 11.1. The van der Waals surface area contributed by atoms with Gasteiger partial charge in [0.2, 0.25) is 0 Å². The number of allylic oxidation sites excluding steroid dienone is 4. The Morgan fingerprint density at radius 1 is 0.791 bits per heavy atom. The first-order valence-electron chi connectivity index (χ1n) is 15.2. The second kappa shape index (κ2) is 11.8. The van der Waals surface area contributed by atoms with Crippen molar-refractivity contribution < 1.29 is 4.74 Å². The number of hydrogen-bond acceptors (Lipinski definition) is 5. The van der Waals surface area contributed by atoms with E-state index in [2.05, 4.69) is 80.5 Å². The molecule has 0 atom stereocenters. The van der Waals surface area contributed by atoms with Gasteiger partial charge in [-0.25, -0.2) is 4.98 Å². The number of benzene rings is 4. The maximum Gasteiger partial charge on any atom is 0.258 e. The number of aromatic nitrogens is 2. The zero-order chi connectivity index (χ0) is 29.2. The molecule has 8 rings (SSSR count). The van der Waals surface area contributed by atoms with Gasteiger partial charge in [0.15, 0.2) is 0 Å². The predicted octanol–water partition coefficient (Wildman–Crippen LogP) is 7.15. The fourth-order valence-electron chi connectivity index (χ4n) is 6.67. The number of piperazine rings is 1. The molecule has 0 unspecified atom stereocenters. The largest absolute Gasteiger partial charge is 0.497 e. The molecule has 43 heavy (non-hydrogen) atoms. The second-order valence-corrected chi connectivity index (χ2v) is 11.4. The average molecular weight is 569 g/mol. The highest BCUT2D eigenvalue weighted by Crippen LogP contribution is 2.40. The molecule has 1 saturated heterocycles. The van der Waals surface area contributed by atoms with E-state index in [0.29, 0.717) is 5.39 Å². The molecule has 2 heterocycles. The molecule has 0 spiro atoms. The van der Waals surface area contributed by atoms with Gasteiger partial charge in [-0.3, -0.25) is 4.79 Å². The second-order valence-electron chi connectivity index (χ2n) is 11.4. The Morgan fingerprint density at radius 3 is 2.42 bits per heavy atom. The van der Waals surface area contributed by atoms with Crippen molar-refractivity contribution in [2.75, 3.05) is 43.1 Å². The van der Waals surface area contributed by atoms with Crippen LogP contribution in [0.3, 0.4) is 0 Å². The van der Waals surface area contributed by atoms with Crippen LogP contribution in [0.25, 0.3) is 27.2 Å². The van der Waals surface area contributed by atoms with Crippen molar-refractivity contribution in [3.8, 4) is 5.75 Å². The molecule has 1 aromatic heterocycles. The molecule has 0 radical (unpaired) electrons. The molecule has 1 aliphatic heterocycles. The molecule has 1 fully saturated rings. The van der Waals surface area contributed by atoms with Gasteiger partial charge in [0, 0.05) is 43.6 Å². The van der Waals surface area contributed by atoms with Gasteiger partial charge >= 0.3 is 0 Å². The van der Waals surface area contributed by atoms with Gasteiger partial charge in [0.1, 0.15) is 5.75 Å². The van der Waals surface area contributed by atoms with Crippen molar-refractivity contribution in [1.29, 1.82) is 0 Å². The average Bonchev–Trinajstić information content (AvgIpc) is 3.08. The van der Waals surface area contributed by atoms with Crippen molar-refractivity contribution in [2.24, 2.45) is 0 Å². The van der Waals surface area contributed by atoms with Crippen LogP contribution in [-0.4, -0.2) is 43.3 Å². The Labute approximate surface area is 251 Å². The minimum absolute atomic E-state index is 0.0874. The summed E-state index contributed by atoms with van der Waals surface area (Å²) in [6.07, 6.45) is 11.0. The SMILES string of the molecule is COc1cccc(N2CCN(c3ccc4c5c(ccc4c3)C3=C(CCC=C3)CC5)CC2)c1.O=c1[nH]cnc2ccccc12. The van der Waals surface area contributed by atoms with E-state index in [9.17, 15) is 4.79 Å². The molecule has 0 bridgehead atoms. The molecule has 0 saturated carbocycles. The number of para-hydroxylation sites is 1. The van der Waals surface area contributed by atoms with Crippen LogP contribution in [0.15, 0.2) is 108 Å². The fourth-order valence-corrected chi connectivity index (χ4v) is 6.67. The van der Waals surface area contributed by atoms with Crippen LogP contribution < -0.4 is 20.1 Å². The van der Waals surface area contributed by atoms with Crippen LogP contribution in [0.2, 0.25) is 0 Å². The van der Waals surface area contributed by atoms with Crippen molar-refractivity contribution in [1.82, 2.24) is 9.97 Å². The Bertz CT molecular complexity index is 1910. The summed E-state index contributed by atoms with van der Waals surface area (Å²) in [4.78, 5) is 22.6. The van der Waals surface area contributed by atoms with Crippen molar-refractivity contribution >= 4 is 38.6 Å². The maximum atomic E-state index is 11.1. The van der Waals surface area contributed by atoms with Gasteiger partial charge in [0.25, 0.3) is 5.56 Å². The first-order valence-corrected chi connectivity index (χ1v) is 15.2. The lowest BCUT2D eigenvalue weighted by atomic mass is 9.79. The Balaban J connectivity index is 0.000000229. The first-order chi connectivity index (χ1) is 21.2. The molecule has 2 aliphatic carbocycles. The molecule has 5 aromatic rings. The third kappa shape index (κ3) is 5.41. The summed E-state index contributed by atoms with van der Waals surface area (Å²) in [5, 5.41) is 3.45. The van der Waals surface area contributed by atoms with Gasteiger partial charge < -0.3 is 19.5 Å². The molecule has 4 aromatic carbocycles. The third-order valence-corrected chi connectivity index (χ3v) is 8.97. The van der Waals surface area contributed by atoms with E-state index in [-0.39, 0.29) is 5.56 Å². The number of hydrogen-bond donors (Lipinski definition) is 1. The highest BCUT2D eigenvalue weighted by atomic mass is 16.5. The van der Waals surface area contributed by atoms with Gasteiger partial charge in [-0.2, -0.15) is 0 Å². The van der Waals surface area contributed by atoms with Crippen LogP contribution in [0.1, 0.15) is 30.4 Å². The van der Waals surface area contributed by atoms with Crippen LogP contribution >= 0.6 is 0 Å². The molecular formula is C37H36N4O2. The smallest absolute Gasteiger partial charge is 0.258 e. The third-order valence-electron chi connectivity index (χ3n) is 8.97. The number of H-pyrrole nitrogens is 1. The van der Waals surface area contributed by atoms with Crippen LogP contribution in [-0.2, 0) is 6.42 Å². The van der Waals surface area contributed by atoms with Gasteiger partial charge in [-0.05, 0) is 89.6 Å². The van der Waals surface area contributed by atoms with Crippen LogP contribution in [0.4, 0.5) is 11.4 Å². The van der Waals surface area contributed by atoms with E-state index in [1.807, 2.05) is 24.3 Å². The predicted molar refractivity (Wildman–Crippen MR) is 177 cm³/mol. The number of aryl methyl sites for hydroxylation is 1. The van der Waals surface area contributed by atoms with Gasteiger partial charge in [-0.15, -0.1) is 0 Å². The number of methoxy groups -OCH3 is 1. The quantitative estimate of drug-likeness (QED) is 0.251. The van der Waals surface area contributed by atoms with E-state index in [1.165, 1.54) is 65.3 Å². The topological polar surface area (TPSA) is 61.5 Å².